The highest BCUT2D eigenvalue weighted by atomic mass is 16.5. The zero-order valence-corrected chi connectivity index (χ0v) is 15.4. The van der Waals surface area contributed by atoms with Gasteiger partial charge in [-0.05, 0) is 38.5 Å². The van der Waals surface area contributed by atoms with Crippen molar-refractivity contribution in [1.29, 1.82) is 0 Å². The first-order valence-electron chi connectivity index (χ1n) is 9.08. The second kappa shape index (κ2) is 8.02. The van der Waals surface area contributed by atoms with Crippen molar-refractivity contribution >= 4 is 17.0 Å². The van der Waals surface area contributed by atoms with Gasteiger partial charge < -0.3 is 9.64 Å². The number of ether oxygens (including phenoxy) is 1. The molecule has 0 radical (unpaired) electrons. The first-order valence-corrected chi connectivity index (χ1v) is 9.08. The number of allylic oxidation sites excluding steroid dienone is 4. The van der Waals surface area contributed by atoms with Crippen LogP contribution in [0.1, 0.15) is 26.3 Å². The summed E-state index contributed by atoms with van der Waals surface area (Å²) in [5.74, 6) is 0.976. The summed E-state index contributed by atoms with van der Waals surface area (Å²) < 4.78 is 7.94. The maximum Gasteiger partial charge on any atom is 0.213 e. The van der Waals surface area contributed by atoms with Gasteiger partial charge in [0.15, 0.2) is 12.1 Å². The quantitative estimate of drug-likeness (QED) is 0.598. The van der Waals surface area contributed by atoms with E-state index in [0.29, 0.717) is 0 Å². The molecule has 0 bridgehead atoms. The van der Waals surface area contributed by atoms with E-state index in [1.165, 1.54) is 22.0 Å². The Morgan fingerprint density at radius 3 is 2.88 bits per heavy atom. The molecule has 0 atom stereocenters. The van der Waals surface area contributed by atoms with Gasteiger partial charge in [-0.15, -0.1) is 0 Å². The molecule has 2 aromatic rings. The number of benzene rings is 1. The van der Waals surface area contributed by atoms with E-state index in [4.69, 9.17) is 4.74 Å². The van der Waals surface area contributed by atoms with E-state index < -0.39 is 0 Å². The van der Waals surface area contributed by atoms with Crippen molar-refractivity contribution in [3.8, 4) is 0 Å². The average Bonchev–Trinajstić information content (AvgIpc) is 3.12. The SMILES string of the molecule is CCN1CCO\C1=C/C=C(C)/C=C/c1cc[n+](CC)c2ccccc12. The van der Waals surface area contributed by atoms with Crippen LogP contribution in [0, 0.1) is 0 Å². The molecule has 3 nitrogen and oxygen atoms in total. The van der Waals surface area contributed by atoms with Gasteiger partial charge in [-0.1, -0.05) is 35.9 Å². The molecule has 1 aliphatic rings. The number of hydrogen-bond acceptors (Lipinski definition) is 2. The Bertz CT molecular complexity index is 833. The topological polar surface area (TPSA) is 16.4 Å². The number of aryl methyl sites for hydroxylation is 1. The fourth-order valence-electron chi connectivity index (χ4n) is 3.14. The molecule has 0 amide bonds. The van der Waals surface area contributed by atoms with Crippen LogP contribution in [0.5, 0.6) is 0 Å². The number of likely N-dealkylation sites (N-methyl/N-ethyl adjacent to an activating group) is 1. The van der Waals surface area contributed by atoms with Crippen LogP contribution in [0.3, 0.4) is 0 Å². The summed E-state index contributed by atoms with van der Waals surface area (Å²) in [7, 11) is 0. The lowest BCUT2D eigenvalue weighted by atomic mass is 10.1. The Kier molecular flexibility index (Phi) is 5.54. The van der Waals surface area contributed by atoms with Crippen molar-refractivity contribution in [1.82, 2.24) is 4.90 Å². The lowest BCUT2D eigenvalue weighted by Crippen LogP contribution is -2.32. The monoisotopic (exact) mass is 335 g/mol. The summed E-state index contributed by atoms with van der Waals surface area (Å²) in [5.41, 5.74) is 3.72. The maximum absolute atomic E-state index is 5.67. The predicted molar refractivity (Wildman–Crippen MR) is 104 cm³/mol. The molecule has 0 aliphatic carbocycles. The average molecular weight is 335 g/mol. The van der Waals surface area contributed by atoms with Crippen molar-refractivity contribution in [2.24, 2.45) is 0 Å². The van der Waals surface area contributed by atoms with E-state index in [1.807, 2.05) is 0 Å². The van der Waals surface area contributed by atoms with Crippen LogP contribution in [-0.4, -0.2) is 24.6 Å². The van der Waals surface area contributed by atoms with Gasteiger partial charge in [0.25, 0.3) is 0 Å². The Morgan fingerprint density at radius 2 is 2.08 bits per heavy atom. The highest BCUT2D eigenvalue weighted by Crippen LogP contribution is 2.18. The summed E-state index contributed by atoms with van der Waals surface area (Å²) in [6.07, 6.45) is 10.7. The van der Waals surface area contributed by atoms with Crippen LogP contribution in [0.4, 0.5) is 0 Å². The third kappa shape index (κ3) is 3.93. The van der Waals surface area contributed by atoms with Crippen LogP contribution in [0.2, 0.25) is 0 Å². The maximum atomic E-state index is 5.67. The van der Waals surface area contributed by atoms with Gasteiger partial charge in [0.05, 0.1) is 11.9 Å². The summed E-state index contributed by atoms with van der Waals surface area (Å²) in [4.78, 5) is 2.25. The molecule has 1 aliphatic heterocycles. The summed E-state index contributed by atoms with van der Waals surface area (Å²) in [6, 6.07) is 10.8. The van der Waals surface area contributed by atoms with Crippen LogP contribution < -0.4 is 4.57 Å². The molecule has 0 spiro atoms. The summed E-state index contributed by atoms with van der Waals surface area (Å²) >= 11 is 0. The Hall–Kier alpha value is -2.55. The highest BCUT2D eigenvalue weighted by Gasteiger charge is 2.14. The molecule has 1 saturated heterocycles. The van der Waals surface area contributed by atoms with Gasteiger partial charge in [-0.2, -0.15) is 4.57 Å². The zero-order chi connectivity index (χ0) is 17.6. The molecule has 3 rings (SSSR count). The Balaban J connectivity index is 1.83. The lowest BCUT2D eigenvalue weighted by molar-refractivity contribution is -0.667. The van der Waals surface area contributed by atoms with E-state index in [2.05, 4.69) is 91.1 Å². The largest absolute Gasteiger partial charge is 0.477 e. The normalized spacial score (nSPS) is 17.0. The summed E-state index contributed by atoms with van der Waals surface area (Å²) in [5, 5.41) is 1.28. The molecule has 1 aromatic heterocycles. The Morgan fingerprint density at radius 1 is 1.24 bits per heavy atom. The smallest absolute Gasteiger partial charge is 0.213 e. The van der Waals surface area contributed by atoms with E-state index in [-0.39, 0.29) is 0 Å². The zero-order valence-electron chi connectivity index (χ0n) is 15.4. The summed E-state index contributed by atoms with van der Waals surface area (Å²) in [6.45, 7) is 10.2. The van der Waals surface area contributed by atoms with E-state index in [9.17, 15) is 0 Å². The van der Waals surface area contributed by atoms with E-state index >= 15 is 0 Å². The van der Waals surface area contributed by atoms with Crippen molar-refractivity contribution in [2.45, 2.75) is 27.3 Å². The molecule has 3 heteroatoms. The molecule has 1 aromatic carbocycles. The molecule has 1 fully saturated rings. The third-order valence-electron chi connectivity index (χ3n) is 4.62. The van der Waals surface area contributed by atoms with Gasteiger partial charge in [0.1, 0.15) is 13.2 Å². The number of rotatable bonds is 5. The fourth-order valence-corrected chi connectivity index (χ4v) is 3.14. The fraction of sp³-hybridized carbons (Fsp3) is 0.318. The van der Waals surface area contributed by atoms with Crippen molar-refractivity contribution in [3.63, 3.8) is 0 Å². The number of aromatic nitrogens is 1. The van der Waals surface area contributed by atoms with Crippen molar-refractivity contribution in [3.05, 3.63) is 71.8 Å². The molecular formula is C22H27N2O+. The molecule has 25 heavy (non-hydrogen) atoms. The minimum atomic E-state index is 0.788. The Labute approximate surface area is 150 Å². The van der Waals surface area contributed by atoms with Crippen LogP contribution in [0.25, 0.3) is 17.0 Å². The first-order chi connectivity index (χ1) is 12.2. The minimum absolute atomic E-state index is 0.788. The third-order valence-corrected chi connectivity index (χ3v) is 4.62. The molecule has 2 heterocycles. The number of fused-ring (bicyclic) bond motifs is 1. The van der Waals surface area contributed by atoms with E-state index in [0.717, 1.165) is 32.1 Å². The van der Waals surface area contributed by atoms with Gasteiger partial charge in [0, 0.05) is 18.7 Å². The molecule has 130 valence electrons. The van der Waals surface area contributed by atoms with Crippen molar-refractivity contribution < 1.29 is 9.30 Å². The number of para-hydroxylation sites is 1. The number of pyridine rings is 1. The number of hydrogen-bond donors (Lipinski definition) is 0. The lowest BCUT2D eigenvalue weighted by Gasteiger charge is -2.13. The van der Waals surface area contributed by atoms with Crippen LogP contribution in [0.15, 0.2) is 66.2 Å². The molecular weight excluding hydrogens is 308 g/mol. The van der Waals surface area contributed by atoms with Gasteiger partial charge >= 0.3 is 0 Å². The van der Waals surface area contributed by atoms with Gasteiger partial charge in [0.2, 0.25) is 5.52 Å². The molecule has 0 saturated carbocycles. The predicted octanol–water partition coefficient (Wildman–Crippen LogP) is 4.30. The molecule has 0 N–H and O–H groups in total. The van der Waals surface area contributed by atoms with Crippen molar-refractivity contribution in [2.75, 3.05) is 19.7 Å². The minimum Gasteiger partial charge on any atom is -0.477 e. The van der Waals surface area contributed by atoms with E-state index in [1.54, 1.807) is 0 Å². The van der Waals surface area contributed by atoms with Gasteiger partial charge in [-0.25, -0.2) is 0 Å². The second-order valence-corrected chi connectivity index (χ2v) is 6.25. The molecule has 0 unspecified atom stereocenters. The standard InChI is InChI=1S/C22H27N2O/c1-4-23-15-14-19(20-8-6-7-9-21(20)23)12-10-18(3)11-13-22-24(5-2)16-17-25-22/h6-15H,4-5,16-17H2,1-3H3/q+1. The van der Waals surface area contributed by atoms with Crippen LogP contribution >= 0.6 is 0 Å². The van der Waals surface area contributed by atoms with Gasteiger partial charge in [-0.3, -0.25) is 0 Å². The first kappa shape index (κ1) is 17.3. The number of nitrogens with zero attached hydrogens (tertiary/aromatic N) is 2. The second-order valence-electron chi connectivity index (χ2n) is 6.25. The van der Waals surface area contributed by atoms with Crippen LogP contribution in [-0.2, 0) is 11.3 Å². The highest BCUT2D eigenvalue weighted by molar-refractivity contribution is 5.85.